The Morgan fingerprint density at radius 3 is 2.94 bits per heavy atom. The Balaban J connectivity index is 2.57. The standard InChI is InChI=1S/C12H11BrClNO/c1-2-3-4-7-15-12(16)10-6-5-9(13)8-11(10)14/h1,5-6,8H,3-4,7H2,(H,15,16). The van der Waals surface area contributed by atoms with Crippen LogP contribution in [0.15, 0.2) is 22.7 Å². The van der Waals surface area contributed by atoms with E-state index in [-0.39, 0.29) is 5.91 Å². The minimum atomic E-state index is -0.172. The van der Waals surface area contributed by atoms with E-state index in [0.717, 1.165) is 10.9 Å². The Morgan fingerprint density at radius 2 is 2.31 bits per heavy atom. The molecule has 0 heterocycles. The number of carbonyl (C=O) groups excluding carboxylic acids is 1. The lowest BCUT2D eigenvalue weighted by atomic mass is 10.2. The van der Waals surface area contributed by atoms with E-state index >= 15 is 0 Å². The van der Waals surface area contributed by atoms with Crippen molar-refractivity contribution in [2.75, 3.05) is 6.54 Å². The number of hydrogen-bond donors (Lipinski definition) is 1. The maximum Gasteiger partial charge on any atom is 0.252 e. The summed E-state index contributed by atoms with van der Waals surface area (Å²) in [6.45, 7) is 0.565. The summed E-state index contributed by atoms with van der Waals surface area (Å²) in [5.74, 6) is 2.34. The quantitative estimate of drug-likeness (QED) is 0.671. The van der Waals surface area contributed by atoms with Crippen LogP contribution in [0.25, 0.3) is 0 Å². The van der Waals surface area contributed by atoms with Gasteiger partial charge in [-0.25, -0.2) is 0 Å². The van der Waals surface area contributed by atoms with Crippen LogP contribution in [0.5, 0.6) is 0 Å². The van der Waals surface area contributed by atoms with Gasteiger partial charge in [-0.05, 0) is 24.6 Å². The lowest BCUT2D eigenvalue weighted by molar-refractivity contribution is 0.0953. The molecule has 0 aliphatic carbocycles. The van der Waals surface area contributed by atoms with Gasteiger partial charge in [-0.15, -0.1) is 12.3 Å². The van der Waals surface area contributed by atoms with Crippen molar-refractivity contribution in [2.45, 2.75) is 12.8 Å². The molecule has 1 aromatic carbocycles. The van der Waals surface area contributed by atoms with Crippen LogP contribution in [0.3, 0.4) is 0 Å². The molecule has 4 heteroatoms. The molecule has 84 valence electrons. The largest absolute Gasteiger partial charge is 0.352 e. The highest BCUT2D eigenvalue weighted by Crippen LogP contribution is 2.21. The second-order valence-electron chi connectivity index (χ2n) is 3.19. The molecule has 0 bridgehead atoms. The van der Waals surface area contributed by atoms with E-state index in [4.69, 9.17) is 18.0 Å². The van der Waals surface area contributed by atoms with Gasteiger partial charge in [0.25, 0.3) is 5.91 Å². The van der Waals surface area contributed by atoms with Crippen molar-refractivity contribution in [3.63, 3.8) is 0 Å². The van der Waals surface area contributed by atoms with E-state index in [9.17, 15) is 4.79 Å². The van der Waals surface area contributed by atoms with Crippen LogP contribution in [0.1, 0.15) is 23.2 Å². The monoisotopic (exact) mass is 299 g/mol. The summed E-state index contributed by atoms with van der Waals surface area (Å²) in [4.78, 5) is 11.7. The molecule has 0 radical (unpaired) electrons. The van der Waals surface area contributed by atoms with E-state index in [0.29, 0.717) is 23.6 Å². The van der Waals surface area contributed by atoms with Gasteiger partial charge in [0.15, 0.2) is 0 Å². The number of terminal acetylenes is 1. The molecule has 0 fully saturated rings. The molecule has 0 aromatic heterocycles. The van der Waals surface area contributed by atoms with Gasteiger partial charge in [0, 0.05) is 17.4 Å². The van der Waals surface area contributed by atoms with Crippen LogP contribution in [-0.2, 0) is 0 Å². The third-order valence-corrected chi connectivity index (χ3v) is 2.77. The minimum absolute atomic E-state index is 0.172. The summed E-state index contributed by atoms with van der Waals surface area (Å²) < 4.78 is 0.849. The number of amides is 1. The number of halogens is 2. The molecule has 0 saturated heterocycles. The fourth-order valence-corrected chi connectivity index (χ4v) is 1.92. The number of unbranched alkanes of at least 4 members (excludes halogenated alkanes) is 1. The highest BCUT2D eigenvalue weighted by molar-refractivity contribution is 9.10. The first-order valence-corrected chi connectivity index (χ1v) is 5.99. The van der Waals surface area contributed by atoms with E-state index in [1.807, 2.05) is 0 Å². The molecule has 0 unspecified atom stereocenters. The van der Waals surface area contributed by atoms with Gasteiger partial charge in [0.1, 0.15) is 0 Å². The third-order valence-electron chi connectivity index (χ3n) is 1.96. The second-order valence-corrected chi connectivity index (χ2v) is 4.51. The lowest BCUT2D eigenvalue weighted by Gasteiger charge is -2.05. The summed E-state index contributed by atoms with van der Waals surface area (Å²) in [7, 11) is 0. The summed E-state index contributed by atoms with van der Waals surface area (Å²) in [5.41, 5.74) is 0.477. The number of carbonyl (C=O) groups is 1. The summed E-state index contributed by atoms with van der Waals surface area (Å²) >= 11 is 9.22. The molecular weight excluding hydrogens is 289 g/mol. The van der Waals surface area contributed by atoms with Crippen molar-refractivity contribution in [1.82, 2.24) is 5.32 Å². The van der Waals surface area contributed by atoms with Gasteiger partial charge < -0.3 is 5.32 Å². The molecule has 0 spiro atoms. The van der Waals surface area contributed by atoms with Crippen molar-refractivity contribution in [2.24, 2.45) is 0 Å². The third kappa shape index (κ3) is 3.88. The van der Waals surface area contributed by atoms with Crippen molar-refractivity contribution in [3.05, 3.63) is 33.3 Å². The average Bonchev–Trinajstić information content (AvgIpc) is 2.24. The van der Waals surface area contributed by atoms with E-state index in [1.165, 1.54) is 0 Å². The molecule has 0 atom stereocenters. The Bertz CT molecular complexity index is 426. The smallest absolute Gasteiger partial charge is 0.252 e. The molecule has 1 aromatic rings. The first-order chi connectivity index (χ1) is 7.65. The van der Waals surface area contributed by atoms with Crippen LogP contribution in [-0.4, -0.2) is 12.5 Å². The van der Waals surface area contributed by atoms with E-state index in [1.54, 1.807) is 18.2 Å². The summed E-state index contributed by atoms with van der Waals surface area (Å²) in [5, 5.41) is 3.19. The number of hydrogen-bond acceptors (Lipinski definition) is 1. The maximum atomic E-state index is 11.7. The molecule has 16 heavy (non-hydrogen) atoms. The van der Waals surface area contributed by atoms with Crippen LogP contribution < -0.4 is 5.32 Å². The highest BCUT2D eigenvalue weighted by Gasteiger charge is 2.09. The van der Waals surface area contributed by atoms with Crippen LogP contribution in [0.4, 0.5) is 0 Å². The van der Waals surface area contributed by atoms with E-state index in [2.05, 4.69) is 27.2 Å². The van der Waals surface area contributed by atoms with Crippen LogP contribution in [0.2, 0.25) is 5.02 Å². The van der Waals surface area contributed by atoms with Crippen molar-refractivity contribution >= 4 is 33.4 Å². The predicted molar refractivity (Wildman–Crippen MR) is 69.6 cm³/mol. The molecule has 1 rings (SSSR count). The van der Waals surface area contributed by atoms with Crippen molar-refractivity contribution in [3.8, 4) is 12.3 Å². The van der Waals surface area contributed by atoms with Gasteiger partial charge >= 0.3 is 0 Å². The molecule has 0 aliphatic heterocycles. The van der Waals surface area contributed by atoms with Gasteiger partial charge in [0.05, 0.1) is 10.6 Å². The highest BCUT2D eigenvalue weighted by atomic mass is 79.9. The van der Waals surface area contributed by atoms with E-state index < -0.39 is 0 Å². The zero-order valence-corrected chi connectivity index (χ0v) is 10.9. The number of benzene rings is 1. The van der Waals surface area contributed by atoms with Gasteiger partial charge in [0.2, 0.25) is 0 Å². The Morgan fingerprint density at radius 1 is 1.56 bits per heavy atom. The van der Waals surface area contributed by atoms with Gasteiger partial charge in [-0.1, -0.05) is 27.5 Å². The second kappa shape index (κ2) is 6.57. The number of rotatable bonds is 4. The SMILES string of the molecule is C#CCCCNC(=O)c1ccc(Br)cc1Cl. The Labute approximate surface area is 109 Å². The van der Waals surface area contributed by atoms with Gasteiger partial charge in [-0.3, -0.25) is 4.79 Å². The van der Waals surface area contributed by atoms with Gasteiger partial charge in [-0.2, -0.15) is 0 Å². The van der Waals surface area contributed by atoms with Crippen molar-refractivity contribution < 1.29 is 4.79 Å². The summed E-state index contributed by atoms with van der Waals surface area (Å²) in [6, 6.07) is 5.16. The number of nitrogens with one attached hydrogen (secondary N) is 1. The first kappa shape index (κ1) is 13.1. The minimum Gasteiger partial charge on any atom is -0.352 e. The molecular formula is C12H11BrClNO. The normalized spacial score (nSPS) is 9.56. The topological polar surface area (TPSA) is 29.1 Å². The van der Waals surface area contributed by atoms with Crippen molar-refractivity contribution in [1.29, 1.82) is 0 Å². The van der Waals surface area contributed by atoms with Crippen LogP contribution >= 0.6 is 27.5 Å². The Hall–Kier alpha value is -0.980. The zero-order chi connectivity index (χ0) is 12.0. The summed E-state index contributed by atoms with van der Waals surface area (Å²) in [6.07, 6.45) is 6.54. The zero-order valence-electron chi connectivity index (χ0n) is 8.59. The molecule has 1 N–H and O–H groups in total. The molecule has 1 amide bonds. The molecule has 2 nitrogen and oxygen atoms in total. The predicted octanol–water partition coefficient (Wildman–Crippen LogP) is 3.25. The maximum absolute atomic E-state index is 11.7. The molecule has 0 aliphatic rings. The first-order valence-electron chi connectivity index (χ1n) is 4.82. The van der Waals surface area contributed by atoms with Crippen LogP contribution in [0, 0.1) is 12.3 Å². The lowest BCUT2D eigenvalue weighted by Crippen LogP contribution is -2.24. The average molecular weight is 301 g/mol. The Kier molecular flexibility index (Phi) is 5.37. The fraction of sp³-hybridized carbons (Fsp3) is 0.250. The molecule has 0 saturated carbocycles. The fourth-order valence-electron chi connectivity index (χ4n) is 1.16.